The highest BCUT2D eigenvalue weighted by molar-refractivity contribution is 5.52. The largest absolute Gasteiger partial charge is 0.319 e. The molecule has 1 N–H and O–H groups in total. The van der Waals surface area contributed by atoms with Crippen LogP contribution in [0.25, 0.3) is 0 Å². The summed E-state index contributed by atoms with van der Waals surface area (Å²) in [4.78, 5) is 10.3. The van der Waals surface area contributed by atoms with Crippen LogP contribution < -0.4 is 5.32 Å². The van der Waals surface area contributed by atoms with Gasteiger partial charge in [-0.2, -0.15) is 0 Å². The number of nitrogens with one attached hydrogen (secondary N) is 1. The zero-order chi connectivity index (χ0) is 12.0. The van der Waals surface area contributed by atoms with Gasteiger partial charge in [0.2, 0.25) is 0 Å². The van der Waals surface area contributed by atoms with E-state index in [0.29, 0.717) is 12.0 Å². The van der Waals surface area contributed by atoms with E-state index in [9.17, 15) is 10.1 Å². The third kappa shape index (κ3) is 3.37. The van der Waals surface area contributed by atoms with E-state index in [0.717, 1.165) is 12.1 Å². The van der Waals surface area contributed by atoms with Crippen LogP contribution in [-0.4, -0.2) is 18.5 Å². The van der Waals surface area contributed by atoms with E-state index in [2.05, 4.69) is 17.2 Å². The fourth-order valence-electron chi connectivity index (χ4n) is 1.25. The molecule has 1 aromatic carbocycles. The van der Waals surface area contributed by atoms with E-state index in [1.54, 1.807) is 12.1 Å². The number of aryl methyl sites for hydroxylation is 1. The summed E-state index contributed by atoms with van der Waals surface area (Å²) in [6, 6.07) is 4.96. The summed E-state index contributed by atoms with van der Waals surface area (Å²) in [5, 5.41) is 13.7. The average Bonchev–Trinajstić information content (AvgIpc) is 2.24. The summed E-state index contributed by atoms with van der Waals surface area (Å²) in [5.74, 6) is 5.75. The lowest BCUT2D eigenvalue weighted by Crippen LogP contribution is -2.05. The molecule has 4 heteroatoms. The van der Waals surface area contributed by atoms with E-state index in [-0.39, 0.29) is 5.69 Å². The first-order valence-corrected chi connectivity index (χ1v) is 5.03. The number of nitrogens with zero attached hydrogens (tertiary/aromatic N) is 1. The standard InChI is InChI=1S/C12H14N2O2/c1-10-6-7-12(14(15)16)11(9-10)5-3-4-8-13-2/h6-7,9,13H,4,8H2,1-2H3. The molecule has 0 amide bonds. The van der Waals surface area contributed by atoms with E-state index in [4.69, 9.17) is 0 Å². The highest BCUT2D eigenvalue weighted by Gasteiger charge is 2.10. The van der Waals surface area contributed by atoms with Gasteiger partial charge in [0, 0.05) is 19.0 Å². The Bertz CT molecular complexity index is 444. The maximum Gasteiger partial charge on any atom is 0.284 e. The molecule has 0 heterocycles. The minimum atomic E-state index is -0.401. The smallest absolute Gasteiger partial charge is 0.284 e. The van der Waals surface area contributed by atoms with Gasteiger partial charge in [0.15, 0.2) is 0 Å². The summed E-state index contributed by atoms with van der Waals surface area (Å²) in [7, 11) is 1.84. The van der Waals surface area contributed by atoms with Crippen molar-refractivity contribution in [3.63, 3.8) is 0 Å². The van der Waals surface area contributed by atoms with Gasteiger partial charge in [-0.25, -0.2) is 0 Å². The van der Waals surface area contributed by atoms with Crippen LogP contribution in [0.2, 0.25) is 0 Å². The Labute approximate surface area is 94.8 Å². The van der Waals surface area contributed by atoms with E-state index < -0.39 is 4.92 Å². The van der Waals surface area contributed by atoms with E-state index in [1.807, 2.05) is 14.0 Å². The SMILES string of the molecule is CNCCC#Cc1cc(C)ccc1[N+](=O)[O-]. The number of rotatable bonds is 3. The molecule has 16 heavy (non-hydrogen) atoms. The molecule has 0 atom stereocenters. The topological polar surface area (TPSA) is 55.2 Å². The summed E-state index contributed by atoms with van der Waals surface area (Å²) in [6.45, 7) is 2.68. The Morgan fingerprint density at radius 1 is 1.50 bits per heavy atom. The van der Waals surface area contributed by atoms with Crippen LogP contribution in [0.5, 0.6) is 0 Å². The monoisotopic (exact) mass is 218 g/mol. The molecule has 0 aliphatic heterocycles. The van der Waals surface area contributed by atoms with Gasteiger partial charge >= 0.3 is 0 Å². The summed E-state index contributed by atoms with van der Waals surface area (Å²) < 4.78 is 0. The Morgan fingerprint density at radius 3 is 2.88 bits per heavy atom. The van der Waals surface area contributed by atoms with E-state index in [1.165, 1.54) is 6.07 Å². The van der Waals surface area contributed by atoms with Gasteiger partial charge in [0.1, 0.15) is 5.56 Å². The van der Waals surface area contributed by atoms with Crippen LogP contribution in [0, 0.1) is 28.9 Å². The molecule has 0 unspecified atom stereocenters. The van der Waals surface area contributed by atoms with Crippen molar-refractivity contribution in [2.45, 2.75) is 13.3 Å². The molecule has 0 bridgehead atoms. The number of nitro benzene ring substituents is 1. The summed E-state index contributed by atoms with van der Waals surface area (Å²) in [5.41, 5.74) is 1.53. The maximum atomic E-state index is 10.7. The van der Waals surface area contributed by atoms with Gasteiger partial charge in [-0.1, -0.05) is 17.9 Å². The number of hydrogen-bond acceptors (Lipinski definition) is 3. The molecule has 0 aliphatic carbocycles. The Morgan fingerprint density at radius 2 is 2.25 bits per heavy atom. The van der Waals surface area contributed by atoms with Crippen molar-refractivity contribution >= 4 is 5.69 Å². The lowest BCUT2D eigenvalue weighted by molar-refractivity contribution is -0.385. The minimum absolute atomic E-state index is 0.0718. The molecule has 0 fully saturated rings. The molecule has 0 aliphatic rings. The first-order valence-electron chi connectivity index (χ1n) is 5.03. The van der Waals surface area contributed by atoms with Crippen molar-refractivity contribution in [1.82, 2.24) is 5.32 Å². The highest BCUT2D eigenvalue weighted by atomic mass is 16.6. The molecule has 84 valence electrons. The quantitative estimate of drug-likeness (QED) is 0.364. The van der Waals surface area contributed by atoms with Gasteiger partial charge in [-0.3, -0.25) is 10.1 Å². The lowest BCUT2D eigenvalue weighted by atomic mass is 10.1. The van der Waals surface area contributed by atoms with Crippen molar-refractivity contribution in [3.05, 3.63) is 39.4 Å². The third-order valence-electron chi connectivity index (χ3n) is 2.07. The first-order chi connectivity index (χ1) is 7.65. The van der Waals surface area contributed by atoms with E-state index >= 15 is 0 Å². The molecule has 4 nitrogen and oxygen atoms in total. The fraction of sp³-hybridized carbons (Fsp3) is 0.333. The normalized spacial score (nSPS) is 9.38. The Kier molecular flexibility index (Phi) is 4.49. The van der Waals surface area contributed by atoms with Crippen LogP contribution in [0.3, 0.4) is 0 Å². The van der Waals surface area contributed by atoms with Crippen molar-refractivity contribution in [3.8, 4) is 11.8 Å². The van der Waals surface area contributed by atoms with Crippen LogP contribution in [0.1, 0.15) is 17.5 Å². The third-order valence-corrected chi connectivity index (χ3v) is 2.07. The van der Waals surface area contributed by atoms with Crippen LogP contribution >= 0.6 is 0 Å². The molecule has 0 aromatic heterocycles. The summed E-state index contributed by atoms with van der Waals surface area (Å²) in [6.07, 6.45) is 0.682. The molecule has 0 radical (unpaired) electrons. The highest BCUT2D eigenvalue weighted by Crippen LogP contribution is 2.18. The zero-order valence-electron chi connectivity index (χ0n) is 9.41. The average molecular weight is 218 g/mol. The second-order valence-electron chi connectivity index (χ2n) is 3.43. The molecule has 0 spiro atoms. The maximum absolute atomic E-state index is 10.7. The van der Waals surface area contributed by atoms with Gasteiger partial charge in [-0.15, -0.1) is 0 Å². The van der Waals surface area contributed by atoms with Crippen LogP contribution in [0.15, 0.2) is 18.2 Å². The predicted octanol–water partition coefficient (Wildman–Crippen LogP) is 1.86. The fourth-order valence-corrected chi connectivity index (χ4v) is 1.25. The van der Waals surface area contributed by atoms with Crippen LogP contribution in [-0.2, 0) is 0 Å². The Balaban J connectivity index is 2.95. The molecule has 1 aromatic rings. The number of nitro groups is 1. The van der Waals surface area contributed by atoms with Crippen molar-refractivity contribution in [1.29, 1.82) is 0 Å². The zero-order valence-corrected chi connectivity index (χ0v) is 9.41. The lowest BCUT2D eigenvalue weighted by Gasteiger charge is -1.97. The molecule has 1 rings (SSSR count). The van der Waals surface area contributed by atoms with Gasteiger partial charge in [0.25, 0.3) is 5.69 Å². The molecule has 0 saturated heterocycles. The van der Waals surface area contributed by atoms with Gasteiger partial charge in [0.05, 0.1) is 4.92 Å². The number of hydrogen-bond donors (Lipinski definition) is 1. The van der Waals surface area contributed by atoms with Crippen molar-refractivity contribution in [2.24, 2.45) is 0 Å². The second-order valence-corrected chi connectivity index (χ2v) is 3.43. The van der Waals surface area contributed by atoms with Gasteiger partial charge < -0.3 is 5.32 Å². The summed E-state index contributed by atoms with van der Waals surface area (Å²) >= 11 is 0. The second kappa shape index (κ2) is 5.89. The molecule has 0 saturated carbocycles. The first kappa shape index (κ1) is 12.2. The van der Waals surface area contributed by atoms with Crippen molar-refractivity contribution in [2.75, 3.05) is 13.6 Å². The molecular weight excluding hydrogens is 204 g/mol. The minimum Gasteiger partial charge on any atom is -0.319 e. The molecular formula is C12H14N2O2. The van der Waals surface area contributed by atoms with Gasteiger partial charge in [-0.05, 0) is 25.6 Å². The number of benzene rings is 1. The Hall–Kier alpha value is -1.86. The van der Waals surface area contributed by atoms with Crippen LogP contribution in [0.4, 0.5) is 5.69 Å². The van der Waals surface area contributed by atoms with Crippen molar-refractivity contribution < 1.29 is 4.92 Å². The predicted molar refractivity (Wildman–Crippen MR) is 63.3 cm³/mol.